The minimum atomic E-state index is -3.07. The first-order valence-electron chi connectivity index (χ1n) is 7.72. The Bertz CT molecular complexity index is 628. The molecule has 2 rings (SSSR count). The number of rotatable bonds is 6. The van der Waals surface area contributed by atoms with Crippen LogP contribution in [0, 0.1) is 0 Å². The van der Waals surface area contributed by atoms with Crippen molar-refractivity contribution in [2.24, 2.45) is 16.5 Å². The predicted molar refractivity (Wildman–Crippen MR) is 99.2 cm³/mol. The van der Waals surface area contributed by atoms with Crippen LogP contribution < -0.4 is 22.1 Å². The molecule has 26 heavy (non-hydrogen) atoms. The fourth-order valence-electron chi connectivity index (χ4n) is 1.92. The molecule has 1 aliphatic heterocycles. The molecule has 0 aliphatic carbocycles. The maximum Gasteiger partial charge on any atom is 0.329 e. The Morgan fingerprint density at radius 1 is 1.42 bits per heavy atom. The second-order valence-electron chi connectivity index (χ2n) is 5.42. The highest BCUT2D eigenvalue weighted by Crippen LogP contribution is 2.29. The van der Waals surface area contributed by atoms with Crippen molar-refractivity contribution in [3.63, 3.8) is 0 Å². The van der Waals surface area contributed by atoms with E-state index < -0.39 is 17.9 Å². The maximum absolute atomic E-state index is 12.1. The number of benzene rings is 1. The molecule has 1 aromatic rings. The zero-order chi connectivity index (χ0) is 19.7. The number of nitrogens with one attached hydrogen (secondary N) is 2. The molecular weight excluding hydrogens is 391 g/mol. The summed E-state index contributed by atoms with van der Waals surface area (Å²) in [5, 5.41) is 15.7. The second-order valence-corrected chi connectivity index (χ2v) is 6.23. The van der Waals surface area contributed by atoms with E-state index >= 15 is 0 Å². The van der Waals surface area contributed by atoms with Gasteiger partial charge in [-0.3, -0.25) is 4.99 Å². The number of aliphatic imine (C=N–C) groups is 1. The lowest BCUT2D eigenvalue weighted by atomic mass is 9.95. The first-order chi connectivity index (χ1) is 12.2. The van der Waals surface area contributed by atoms with Gasteiger partial charge in [-0.25, -0.2) is 13.6 Å². The van der Waals surface area contributed by atoms with Crippen molar-refractivity contribution in [2.45, 2.75) is 24.8 Å². The zero-order valence-electron chi connectivity index (χ0n) is 13.8. The lowest BCUT2D eigenvalue weighted by Gasteiger charge is -2.22. The van der Waals surface area contributed by atoms with Crippen molar-refractivity contribution in [1.82, 2.24) is 5.32 Å². The smallest absolute Gasteiger partial charge is 0.329 e. The Balaban J connectivity index is 0.000000265. The minimum Gasteiger partial charge on any atom is -0.480 e. The number of aliphatic carboxylic acids is 1. The summed E-state index contributed by atoms with van der Waals surface area (Å²) in [7, 11) is 0. The SMILES string of the molecule is Clc1cccc(Cl)c1NC1=NCCN1.NCCCC(N)(C(=O)O)C(F)F. The van der Waals surface area contributed by atoms with Gasteiger partial charge < -0.3 is 27.2 Å². The first kappa shape index (κ1) is 22.4. The highest BCUT2D eigenvalue weighted by Gasteiger charge is 2.42. The number of para-hydroxylation sites is 1. The van der Waals surface area contributed by atoms with Gasteiger partial charge in [-0.1, -0.05) is 29.3 Å². The quantitative estimate of drug-likeness (QED) is 0.488. The summed E-state index contributed by atoms with van der Waals surface area (Å²) < 4.78 is 24.2. The summed E-state index contributed by atoms with van der Waals surface area (Å²) in [4.78, 5) is 14.5. The molecule has 0 bridgehead atoms. The molecule has 1 aromatic carbocycles. The second kappa shape index (κ2) is 10.5. The fraction of sp³-hybridized carbons (Fsp3) is 0.467. The van der Waals surface area contributed by atoms with Crippen molar-refractivity contribution in [1.29, 1.82) is 0 Å². The van der Waals surface area contributed by atoms with Crippen molar-refractivity contribution in [3.8, 4) is 0 Å². The van der Waals surface area contributed by atoms with Gasteiger partial charge >= 0.3 is 5.97 Å². The predicted octanol–water partition coefficient (Wildman–Crippen LogP) is 2.14. The molecule has 7 N–H and O–H groups in total. The van der Waals surface area contributed by atoms with E-state index in [1.165, 1.54) is 0 Å². The Kier molecular flexibility index (Phi) is 9.00. The molecule has 1 aliphatic rings. The number of hydrogen-bond donors (Lipinski definition) is 5. The monoisotopic (exact) mass is 411 g/mol. The van der Waals surface area contributed by atoms with Gasteiger partial charge in [0.15, 0.2) is 11.5 Å². The lowest BCUT2D eigenvalue weighted by Crippen LogP contribution is -2.54. The van der Waals surface area contributed by atoms with Crippen molar-refractivity contribution in [3.05, 3.63) is 28.2 Å². The van der Waals surface area contributed by atoms with Gasteiger partial charge in [0, 0.05) is 6.54 Å². The van der Waals surface area contributed by atoms with Crippen molar-refractivity contribution in [2.75, 3.05) is 25.0 Å². The van der Waals surface area contributed by atoms with Crippen molar-refractivity contribution < 1.29 is 18.7 Å². The molecule has 7 nitrogen and oxygen atoms in total. The van der Waals surface area contributed by atoms with E-state index in [4.69, 9.17) is 39.8 Å². The molecule has 0 saturated carbocycles. The number of nitrogens with two attached hydrogens (primary N) is 2. The van der Waals surface area contributed by atoms with Gasteiger partial charge in [-0.05, 0) is 31.5 Å². The highest BCUT2D eigenvalue weighted by atomic mass is 35.5. The van der Waals surface area contributed by atoms with Gasteiger partial charge in [0.25, 0.3) is 6.43 Å². The summed E-state index contributed by atoms with van der Waals surface area (Å²) in [6.07, 6.45) is -3.20. The van der Waals surface area contributed by atoms with E-state index in [9.17, 15) is 13.6 Å². The Labute approximate surface area is 159 Å². The number of nitrogens with zero attached hydrogens (tertiary/aromatic N) is 1. The minimum absolute atomic E-state index is 0.152. The third-order valence-electron chi connectivity index (χ3n) is 3.46. The summed E-state index contributed by atoms with van der Waals surface area (Å²) >= 11 is 12.0. The zero-order valence-corrected chi connectivity index (χ0v) is 15.3. The molecule has 0 fully saturated rings. The van der Waals surface area contributed by atoms with Crippen molar-refractivity contribution >= 4 is 40.8 Å². The molecule has 0 saturated heterocycles. The number of anilines is 1. The van der Waals surface area contributed by atoms with E-state index in [0.29, 0.717) is 15.7 Å². The van der Waals surface area contributed by atoms with Gasteiger partial charge in [0.1, 0.15) is 0 Å². The van der Waals surface area contributed by atoms with Gasteiger partial charge in [0.2, 0.25) is 0 Å². The fourth-order valence-corrected chi connectivity index (χ4v) is 2.41. The third-order valence-corrected chi connectivity index (χ3v) is 4.09. The highest BCUT2D eigenvalue weighted by molar-refractivity contribution is 6.39. The number of carboxylic acids is 1. The Hall–Kier alpha value is -1.68. The van der Waals surface area contributed by atoms with Gasteiger partial charge in [-0.15, -0.1) is 0 Å². The first-order valence-corrected chi connectivity index (χ1v) is 8.47. The molecule has 11 heteroatoms. The number of guanidine groups is 1. The van der Waals surface area contributed by atoms with Gasteiger partial charge in [0.05, 0.1) is 22.3 Å². The number of halogens is 4. The molecule has 1 heterocycles. The van der Waals surface area contributed by atoms with Crippen LogP contribution >= 0.6 is 23.2 Å². The number of carbonyl (C=O) groups is 1. The van der Waals surface area contributed by atoms with Crippen LogP contribution in [0.3, 0.4) is 0 Å². The van der Waals surface area contributed by atoms with E-state index in [-0.39, 0.29) is 19.4 Å². The van der Waals surface area contributed by atoms with E-state index in [1.54, 1.807) is 18.2 Å². The van der Waals surface area contributed by atoms with Crippen LogP contribution in [0.15, 0.2) is 23.2 Å². The molecule has 0 aromatic heterocycles. The normalized spacial score (nSPS) is 15.4. The van der Waals surface area contributed by atoms with Crippen LogP contribution in [0.2, 0.25) is 10.0 Å². The van der Waals surface area contributed by atoms with E-state index in [1.807, 2.05) is 0 Å². The average molecular weight is 412 g/mol. The largest absolute Gasteiger partial charge is 0.480 e. The van der Waals surface area contributed by atoms with Crippen LogP contribution in [0.1, 0.15) is 12.8 Å². The van der Waals surface area contributed by atoms with Crippen LogP contribution in [-0.4, -0.2) is 48.6 Å². The lowest BCUT2D eigenvalue weighted by molar-refractivity contribution is -0.150. The average Bonchev–Trinajstić information content (AvgIpc) is 3.09. The topological polar surface area (TPSA) is 126 Å². The summed E-state index contributed by atoms with van der Waals surface area (Å²) in [5.41, 5.74) is 8.26. The molecule has 1 atom stereocenters. The van der Waals surface area contributed by atoms with Crippen LogP contribution in [0.25, 0.3) is 0 Å². The summed E-state index contributed by atoms with van der Waals surface area (Å²) in [6, 6.07) is 5.37. The van der Waals surface area contributed by atoms with E-state index in [2.05, 4.69) is 15.6 Å². The van der Waals surface area contributed by atoms with Crippen LogP contribution in [0.4, 0.5) is 14.5 Å². The van der Waals surface area contributed by atoms with Gasteiger partial charge in [-0.2, -0.15) is 0 Å². The summed E-state index contributed by atoms with van der Waals surface area (Å²) in [6.45, 7) is 1.79. The molecule has 0 amide bonds. The number of alkyl halides is 2. The maximum atomic E-state index is 12.1. The molecule has 0 radical (unpaired) electrons. The molecule has 1 unspecified atom stereocenters. The summed E-state index contributed by atoms with van der Waals surface area (Å²) in [5.74, 6) is -0.967. The molecule has 146 valence electrons. The number of carboxylic acid groups (broad SMARTS) is 1. The Morgan fingerprint density at radius 3 is 2.46 bits per heavy atom. The van der Waals surface area contributed by atoms with Crippen LogP contribution in [-0.2, 0) is 4.79 Å². The molecular formula is C15H21Cl2F2N5O2. The number of hydrogen-bond acceptors (Lipinski definition) is 6. The molecule has 0 spiro atoms. The van der Waals surface area contributed by atoms with Crippen LogP contribution in [0.5, 0.6) is 0 Å². The third kappa shape index (κ3) is 6.24. The standard InChI is InChI=1S/C9H9Cl2N3.C6H12F2N2O2/c10-6-2-1-3-7(11)8(6)14-9-12-4-5-13-9;7-4(8)6(10,5(11)12)2-1-3-9/h1-3H,4-5H2,(H2,12,13,14);4H,1-3,9-10H2,(H,11,12). The van der Waals surface area contributed by atoms with E-state index in [0.717, 1.165) is 19.0 Å². The Morgan fingerprint density at radius 2 is 2.04 bits per heavy atom.